The van der Waals surface area contributed by atoms with Crippen molar-refractivity contribution in [1.82, 2.24) is 14.6 Å². The minimum Gasteiger partial charge on any atom is -0.496 e. The van der Waals surface area contributed by atoms with E-state index in [1.54, 1.807) is 11.6 Å². The number of halogens is 2. The molecular weight excluding hydrogens is 309 g/mol. The molecule has 0 bridgehead atoms. The van der Waals surface area contributed by atoms with Crippen LogP contribution in [0.1, 0.15) is 11.3 Å². The van der Waals surface area contributed by atoms with E-state index < -0.39 is 0 Å². The van der Waals surface area contributed by atoms with Crippen LogP contribution in [0.2, 0.25) is 10.3 Å². The summed E-state index contributed by atoms with van der Waals surface area (Å²) in [6.45, 7) is 3.73. The van der Waals surface area contributed by atoms with Crippen molar-refractivity contribution >= 4 is 28.8 Å². The summed E-state index contributed by atoms with van der Waals surface area (Å²) in [5.74, 6) is 0.755. The highest BCUT2D eigenvalue weighted by atomic mass is 35.5. The summed E-state index contributed by atoms with van der Waals surface area (Å²) < 4.78 is 7.04. The Kier molecular flexibility index (Phi) is 3.51. The van der Waals surface area contributed by atoms with Gasteiger partial charge in [0.05, 0.1) is 18.4 Å². The van der Waals surface area contributed by atoms with Gasteiger partial charge in [0.15, 0.2) is 5.65 Å². The molecule has 0 aliphatic rings. The SMILES string of the molecule is COc1ccccc1-c1c(C)nn2c(Cl)c(C)c(Cl)nc12. The van der Waals surface area contributed by atoms with Crippen molar-refractivity contribution in [2.45, 2.75) is 13.8 Å². The maximum Gasteiger partial charge on any atom is 0.166 e. The van der Waals surface area contributed by atoms with E-state index in [1.807, 2.05) is 38.1 Å². The summed E-state index contributed by atoms with van der Waals surface area (Å²) in [6.07, 6.45) is 0. The molecular formula is C15H13Cl2N3O. The summed E-state index contributed by atoms with van der Waals surface area (Å²) in [4.78, 5) is 4.43. The summed E-state index contributed by atoms with van der Waals surface area (Å²) in [7, 11) is 1.64. The predicted molar refractivity (Wildman–Crippen MR) is 84.5 cm³/mol. The highest BCUT2D eigenvalue weighted by Crippen LogP contribution is 2.36. The number of rotatable bonds is 2. The molecule has 108 valence electrons. The average Bonchev–Trinajstić information content (AvgIpc) is 2.81. The molecule has 0 amide bonds. The van der Waals surface area contributed by atoms with Crippen molar-refractivity contribution in [1.29, 1.82) is 0 Å². The molecule has 2 heterocycles. The molecule has 0 saturated heterocycles. The highest BCUT2D eigenvalue weighted by Gasteiger charge is 2.20. The molecule has 6 heteroatoms. The van der Waals surface area contributed by atoms with Gasteiger partial charge in [-0.25, -0.2) is 9.50 Å². The number of para-hydroxylation sites is 1. The summed E-state index contributed by atoms with van der Waals surface area (Å²) in [5.41, 5.74) is 3.93. The van der Waals surface area contributed by atoms with Gasteiger partial charge in [-0.3, -0.25) is 0 Å². The number of hydrogen-bond acceptors (Lipinski definition) is 3. The molecule has 0 fully saturated rings. The van der Waals surface area contributed by atoms with E-state index in [1.165, 1.54) is 0 Å². The van der Waals surface area contributed by atoms with Gasteiger partial charge < -0.3 is 4.74 Å². The maximum atomic E-state index is 6.32. The van der Waals surface area contributed by atoms with Crippen LogP contribution in [0.15, 0.2) is 24.3 Å². The molecule has 1 aromatic carbocycles. The van der Waals surface area contributed by atoms with E-state index in [2.05, 4.69) is 10.1 Å². The van der Waals surface area contributed by atoms with Crippen LogP contribution < -0.4 is 4.74 Å². The molecule has 0 aliphatic heterocycles. The maximum absolute atomic E-state index is 6.32. The van der Waals surface area contributed by atoms with Crippen molar-refractivity contribution in [3.63, 3.8) is 0 Å². The lowest BCUT2D eigenvalue weighted by Gasteiger charge is -2.08. The van der Waals surface area contributed by atoms with Crippen molar-refractivity contribution in [3.05, 3.63) is 45.8 Å². The topological polar surface area (TPSA) is 39.4 Å². The zero-order valence-corrected chi connectivity index (χ0v) is 13.3. The Hall–Kier alpha value is -1.78. The van der Waals surface area contributed by atoms with Crippen molar-refractivity contribution in [2.75, 3.05) is 7.11 Å². The minimum atomic E-state index is 0.378. The normalized spacial score (nSPS) is 11.1. The first-order valence-corrected chi connectivity index (χ1v) is 7.14. The number of benzene rings is 1. The van der Waals surface area contributed by atoms with Crippen LogP contribution in [0.5, 0.6) is 5.75 Å². The molecule has 0 spiro atoms. The number of fused-ring (bicyclic) bond motifs is 1. The number of aryl methyl sites for hydroxylation is 1. The fourth-order valence-electron chi connectivity index (χ4n) is 2.34. The Bertz CT molecular complexity index is 843. The first-order chi connectivity index (χ1) is 10.0. The van der Waals surface area contributed by atoms with Crippen LogP contribution in [0.4, 0.5) is 0 Å². The summed E-state index contributed by atoms with van der Waals surface area (Å²) in [6, 6.07) is 7.72. The Morgan fingerprint density at radius 2 is 1.86 bits per heavy atom. The van der Waals surface area contributed by atoms with Gasteiger partial charge >= 0.3 is 0 Å². The lowest BCUT2D eigenvalue weighted by molar-refractivity contribution is 0.416. The average molecular weight is 322 g/mol. The fourth-order valence-corrected chi connectivity index (χ4v) is 2.77. The molecule has 0 unspecified atom stereocenters. The lowest BCUT2D eigenvalue weighted by Crippen LogP contribution is -1.97. The molecule has 3 rings (SSSR count). The van der Waals surface area contributed by atoms with E-state index in [4.69, 9.17) is 27.9 Å². The van der Waals surface area contributed by atoms with E-state index in [-0.39, 0.29) is 0 Å². The van der Waals surface area contributed by atoms with E-state index in [0.29, 0.717) is 21.5 Å². The standard InChI is InChI=1S/C15H13Cl2N3O/c1-8-13(16)18-15-12(9(2)19-20(15)14(8)17)10-6-4-5-7-11(10)21-3/h4-7H,1-3H3. The smallest absolute Gasteiger partial charge is 0.166 e. The third kappa shape index (κ3) is 2.15. The lowest BCUT2D eigenvalue weighted by atomic mass is 10.1. The second-order valence-corrected chi connectivity index (χ2v) is 5.43. The van der Waals surface area contributed by atoms with Gasteiger partial charge in [-0.05, 0) is 19.9 Å². The fraction of sp³-hybridized carbons (Fsp3) is 0.200. The van der Waals surface area contributed by atoms with Crippen molar-refractivity contribution < 1.29 is 4.74 Å². The third-order valence-electron chi connectivity index (χ3n) is 3.42. The quantitative estimate of drug-likeness (QED) is 0.659. The number of hydrogen-bond donors (Lipinski definition) is 0. The molecule has 0 saturated carbocycles. The Morgan fingerprint density at radius 1 is 1.14 bits per heavy atom. The zero-order valence-electron chi connectivity index (χ0n) is 11.8. The first-order valence-electron chi connectivity index (χ1n) is 6.39. The highest BCUT2D eigenvalue weighted by molar-refractivity contribution is 6.34. The second-order valence-electron chi connectivity index (χ2n) is 4.71. The zero-order chi connectivity index (χ0) is 15.1. The van der Waals surface area contributed by atoms with Crippen LogP contribution in [0, 0.1) is 13.8 Å². The molecule has 3 aromatic rings. The van der Waals surface area contributed by atoms with E-state index >= 15 is 0 Å². The summed E-state index contributed by atoms with van der Waals surface area (Å²) >= 11 is 12.5. The van der Waals surface area contributed by atoms with Gasteiger partial charge in [0.1, 0.15) is 16.1 Å². The number of aromatic nitrogens is 3. The predicted octanol–water partition coefficient (Wildman–Crippen LogP) is 4.33. The van der Waals surface area contributed by atoms with Crippen LogP contribution in [0.25, 0.3) is 16.8 Å². The molecule has 0 atom stereocenters. The van der Waals surface area contributed by atoms with E-state index in [9.17, 15) is 0 Å². The summed E-state index contributed by atoms with van der Waals surface area (Å²) in [5, 5.41) is 5.32. The molecule has 0 aliphatic carbocycles. The first kappa shape index (κ1) is 14.2. The van der Waals surface area contributed by atoms with Gasteiger partial charge in [0.25, 0.3) is 0 Å². The molecule has 0 N–H and O–H groups in total. The number of nitrogens with zero attached hydrogens (tertiary/aromatic N) is 3. The van der Waals surface area contributed by atoms with Gasteiger partial charge in [-0.2, -0.15) is 5.10 Å². The Balaban J connectivity index is 2.41. The van der Waals surface area contributed by atoms with Crippen LogP contribution in [-0.4, -0.2) is 21.7 Å². The monoisotopic (exact) mass is 321 g/mol. The van der Waals surface area contributed by atoms with Gasteiger partial charge in [-0.15, -0.1) is 0 Å². The van der Waals surface area contributed by atoms with Gasteiger partial charge in [0, 0.05) is 11.1 Å². The molecule has 21 heavy (non-hydrogen) atoms. The van der Waals surface area contributed by atoms with Gasteiger partial charge in [-0.1, -0.05) is 41.4 Å². The van der Waals surface area contributed by atoms with E-state index in [0.717, 1.165) is 22.6 Å². The van der Waals surface area contributed by atoms with Crippen LogP contribution in [-0.2, 0) is 0 Å². The Morgan fingerprint density at radius 3 is 2.57 bits per heavy atom. The van der Waals surface area contributed by atoms with Crippen LogP contribution in [0.3, 0.4) is 0 Å². The van der Waals surface area contributed by atoms with Crippen LogP contribution >= 0.6 is 23.2 Å². The third-order valence-corrected chi connectivity index (χ3v) is 4.23. The minimum absolute atomic E-state index is 0.378. The second kappa shape index (κ2) is 5.20. The Labute approximate surface area is 132 Å². The number of ether oxygens (including phenoxy) is 1. The molecule has 2 aromatic heterocycles. The number of methoxy groups -OCH3 is 1. The molecule has 4 nitrogen and oxygen atoms in total. The largest absolute Gasteiger partial charge is 0.496 e. The van der Waals surface area contributed by atoms with Crippen molar-refractivity contribution in [3.8, 4) is 16.9 Å². The van der Waals surface area contributed by atoms with Crippen molar-refractivity contribution in [2.24, 2.45) is 0 Å². The molecule has 0 radical (unpaired) electrons. The van der Waals surface area contributed by atoms with Gasteiger partial charge in [0.2, 0.25) is 0 Å².